The Balaban J connectivity index is 1.90. The smallest absolute Gasteiger partial charge is 0.231 e. The lowest BCUT2D eigenvalue weighted by Crippen LogP contribution is -2.15. The maximum absolute atomic E-state index is 5.57. The molecule has 1 aliphatic rings. The third-order valence-corrected chi connectivity index (χ3v) is 2.73. The fourth-order valence-corrected chi connectivity index (χ4v) is 1.57. The molecule has 1 aromatic carbocycles. The van der Waals surface area contributed by atoms with Crippen molar-refractivity contribution in [2.45, 2.75) is 13.5 Å². The summed E-state index contributed by atoms with van der Waals surface area (Å²) in [5, 5.41) is 3.29. The molecule has 1 aliphatic heterocycles. The zero-order chi connectivity index (χ0) is 11.4. The van der Waals surface area contributed by atoms with Crippen LogP contribution in [0.1, 0.15) is 12.5 Å². The molecule has 0 saturated carbocycles. The lowest BCUT2D eigenvalue weighted by molar-refractivity contribution is 0.174. The summed E-state index contributed by atoms with van der Waals surface area (Å²) in [5.41, 5.74) is 3.88. The van der Waals surface area contributed by atoms with E-state index in [1.807, 2.05) is 25.1 Å². The largest absolute Gasteiger partial charge is 0.454 e. The highest BCUT2D eigenvalue weighted by Crippen LogP contribution is 2.32. The van der Waals surface area contributed by atoms with E-state index in [1.54, 1.807) is 5.54 Å². The van der Waals surface area contributed by atoms with Gasteiger partial charge in [-0.15, -0.1) is 0 Å². The molecule has 0 amide bonds. The summed E-state index contributed by atoms with van der Waals surface area (Å²) in [6, 6.07) is 5.96. The van der Waals surface area contributed by atoms with Gasteiger partial charge < -0.3 is 14.8 Å². The first-order valence-electron chi connectivity index (χ1n) is 5.14. The van der Waals surface area contributed by atoms with E-state index in [4.69, 9.17) is 21.1 Å². The Labute approximate surface area is 100 Å². The Morgan fingerprint density at radius 3 is 3.06 bits per heavy atom. The van der Waals surface area contributed by atoms with Crippen molar-refractivity contribution in [3.63, 3.8) is 0 Å². The number of ether oxygens (including phenoxy) is 2. The Hall–Kier alpha value is -1.19. The second-order valence-corrected chi connectivity index (χ2v) is 3.96. The molecule has 3 nitrogen and oxygen atoms in total. The molecule has 0 unspecified atom stereocenters. The lowest BCUT2D eigenvalue weighted by Gasteiger charge is -2.05. The molecule has 0 bridgehead atoms. The van der Waals surface area contributed by atoms with Crippen molar-refractivity contribution in [1.29, 1.82) is 0 Å². The van der Waals surface area contributed by atoms with E-state index in [2.05, 4.69) is 5.32 Å². The molecule has 2 rings (SSSR count). The average molecular weight is 240 g/mol. The van der Waals surface area contributed by atoms with Crippen LogP contribution in [0.3, 0.4) is 0 Å². The van der Waals surface area contributed by atoms with Gasteiger partial charge in [0.05, 0.1) is 0 Å². The normalized spacial score (nSPS) is 14.2. The van der Waals surface area contributed by atoms with Gasteiger partial charge in [-0.2, -0.15) is 0 Å². The number of nitrogens with one attached hydrogen (secondary N) is 1. The van der Waals surface area contributed by atoms with E-state index in [-0.39, 0.29) is 0 Å². The van der Waals surface area contributed by atoms with Gasteiger partial charge in [0.2, 0.25) is 6.79 Å². The van der Waals surface area contributed by atoms with Gasteiger partial charge in [-0.3, -0.25) is 0 Å². The molecule has 0 radical (unpaired) electrons. The second kappa shape index (κ2) is 5.23. The molecule has 4 heteroatoms. The first-order valence-corrected chi connectivity index (χ1v) is 5.58. The molecule has 0 spiro atoms. The molecule has 16 heavy (non-hydrogen) atoms. The van der Waals surface area contributed by atoms with E-state index < -0.39 is 0 Å². The van der Waals surface area contributed by atoms with Crippen LogP contribution in [-0.4, -0.2) is 13.3 Å². The van der Waals surface area contributed by atoms with Crippen LogP contribution in [-0.2, 0) is 6.54 Å². The number of halogens is 1. The van der Waals surface area contributed by atoms with Crippen molar-refractivity contribution >= 4 is 11.6 Å². The van der Waals surface area contributed by atoms with Gasteiger partial charge in [0.25, 0.3) is 0 Å². The molecule has 1 heterocycles. The quantitative estimate of drug-likeness (QED) is 0.876. The van der Waals surface area contributed by atoms with Crippen molar-refractivity contribution in [1.82, 2.24) is 5.32 Å². The van der Waals surface area contributed by atoms with Gasteiger partial charge in [0.15, 0.2) is 11.5 Å². The van der Waals surface area contributed by atoms with Crippen molar-refractivity contribution in [3.05, 3.63) is 34.9 Å². The van der Waals surface area contributed by atoms with E-state index in [0.717, 1.165) is 30.2 Å². The van der Waals surface area contributed by atoms with Crippen LogP contribution in [0.5, 0.6) is 11.5 Å². The van der Waals surface area contributed by atoms with Gasteiger partial charge in [0.1, 0.15) is 0 Å². The minimum Gasteiger partial charge on any atom is -0.454 e. The summed E-state index contributed by atoms with van der Waals surface area (Å²) in [6.45, 7) is 3.89. The summed E-state index contributed by atoms with van der Waals surface area (Å²) in [5.74, 6) is 1.64. The SMILES string of the molecule is C/C(=C/Cl)CNCc1ccc2c(c1)OCO2. The Morgan fingerprint density at radius 1 is 1.44 bits per heavy atom. The molecule has 0 saturated heterocycles. The van der Waals surface area contributed by atoms with Crippen LogP contribution in [0, 0.1) is 0 Å². The zero-order valence-corrected chi connectivity index (χ0v) is 9.88. The summed E-state index contributed by atoms with van der Waals surface area (Å²) in [6.07, 6.45) is 0. The fraction of sp³-hybridized carbons (Fsp3) is 0.333. The van der Waals surface area contributed by atoms with Crippen molar-refractivity contribution in [2.24, 2.45) is 0 Å². The standard InChI is InChI=1S/C12H14ClNO2/c1-9(5-13)6-14-7-10-2-3-11-12(4-10)16-8-15-11/h2-5,14H,6-8H2,1H3/b9-5-. The molecule has 1 aromatic rings. The highest BCUT2D eigenvalue weighted by Gasteiger charge is 2.12. The molecular weight excluding hydrogens is 226 g/mol. The van der Waals surface area contributed by atoms with E-state index in [0.29, 0.717) is 6.79 Å². The highest BCUT2D eigenvalue weighted by atomic mass is 35.5. The van der Waals surface area contributed by atoms with Crippen LogP contribution in [0.15, 0.2) is 29.3 Å². The number of benzene rings is 1. The molecule has 0 aromatic heterocycles. The topological polar surface area (TPSA) is 30.5 Å². The summed E-state index contributed by atoms with van der Waals surface area (Å²) < 4.78 is 10.5. The summed E-state index contributed by atoms with van der Waals surface area (Å²) in [7, 11) is 0. The molecule has 0 fully saturated rings. The van der Waals surface area contributed by atoms with Crippen molar-refractivity contribution < 1.29 is 9.47 Å². The average Bonchev–Trinajstić information content (AvgIpc) is 2.76. The van der Waals surface area contributed by atoms with E-state index in [9.17, 15) is 0 Å². The van der Waals surface area contributed by atoms with E-state index >= 15 is 0 Å². The molecular formula is C12H14ClNO2. The Morgan fingerprint density at radius 2 is 2.25 bits per heavy atom. The summed E-state index contributed by atoms with van der Waals surface area (Å²) >= 11 is 5.57. The maximum Gasteiger partial charge on any atom is 0.231 e. The fourth-order valence-electron chi connectivity index (χ4n) is 1.49. The zero-order valence-electron chi connectivity index (χ0n) is 9.13. The minimum atomic E-state index is 0.320. The van der Waals surface area contributed by atoms with Gasteiger partial charge in [0, 0.05) is 18.6 Å². The number of rotatable bonds is 4. The van der Waals surface area contributed by atoms with Crippen LogP contribution in [0.4, 0.5) is 0 Å². The molecule has 86 valence electrons. The second-order valence-electron chi connectivity index (χ2n) is 3.75. The Bertz CT molecular complexity index is 404. The van der Waals surface area contributed by atoms with Crippen molar-refractivity contribution in [3.8, 4) is 11.5 Å². The molecule has 0 atom stereocenters. The minimum absolute atomic E-state index is 0.320. The molecule has 1 N–H and O–H groups in total. The highest BCUT2D eigenvalue weighted by molar-refractivity contribution is 6.25. The monoisotopic (exact) mass is 239 g/mol. The number of hydrogen-bond acceptors (Lipinski definition) is 3. The first kappa shape index (κ1) is 11.3. The van der Waals surface area contributed by atoms with Crippen LogP contribution in [0.25, 0.3) is 0 Å². The predicted molar refractivity (Wildman–Crippen MR) is 63.9 cm³/mol. The molecule has 0 aliphatic carbocycles. The van der Waals surface area contributed by atoms with Crippen LogP contribution >= 0.6 is 11.6 Å². The third-order valence-electron chi connectivity index (χ3n) is 2.36. The maximum atomic E-state index is 5.57. The summed E-state index contributed by atoms with van der Waals surface area (Å²) in [4.78, 5) is 0. The number of hydrogen-bond donors (Lipinski definition) is 1. The van der Waals surface area contributed by atoms with Crippen LogP contribution < -0.4 is 14.8 Å². The van der Waals surface area contributed by atoms with Crippen LogP contribution in [0.2, 0.25) is 0 Å². The van der Waals surface area contributed by atoms with Gasteiger partial charge in [-0.1, -0.05) is 17.7 Å². The van der Waals surface area contributed by atoms with Crippen molar-refractivity contribution in [2.75, 3.05) is 13.3 Å². The predicted octanol–water partition coefficient (Wildman–Crippen LogP) is 2.65. The first-order chi connectivity index (χ1) is 7.79. The van der Waals surface area contributed by atoms with Gasteiger partial charge in [-0.25, -0.2) is 0 Å². The van der Waals surface area contributed by atoms with E-state index in [1.165, 1.54) is 5.56 Å². The van der Waals surface area contributed by atoms with Gasteiger partial charge >= 0.3 is 0 Å². The Kier molecular flexibility index (Phi) is 3.70. The lowest BCUT2D eigenvalue weighted by atomic mass is 10.2. The van der Waals surface area contributed by atoms with Gasteiger partial charge in [-0.05, 0) is 30.2 Å². The number of fused-ring (bicyclic) bond motifs is 1. The third kappa shape index (κ3) is 2.68.